The van der Waals surface area contributed by atoms with Crippen LogP contribution in [0.4, 0.5) is 0 Å². The molecule has 1 heterocycles. The Morgan fingerprint density at radius 3 is 2.55 bits per heavy atom. The van der Waals surface area contributed by atoms with Crippen LogP contribution in [0.25, 0.3) is 0 Å². The Balaban J connectivity index is 1.95. The van der Waals surface area contributed by atoms with E-state index in [0.717, 1.165) is 18.4 Å². The van der Waals surface area contributed by atoms with Crippen LogP contribution in [0, 0.1) is 5.92 Å². The van der Waals surface area contributed by atoms with Crippen molar-refractivity contribution >= 4 is 0 Å². The quantitative estimate of drug-likeness (QED) is 0.786. The van der Waals surface area contributed by atoms with Gasteiger partial charge in [0.05, 0.1) is 6.61 Å². The molecule has 0 radical (unpaired) electrons. The molecule has 3 nitrogen and oxygen atoms in total. The molecule has 1 aliphatic heterocycles. The van der Waals surface area contributed by atoms with Crippen molar-refractivity contribution in [3.63, 3.8) is 0 Å². The van der Waals surface area contributed by atoms with Gasteiger partial charge in [0.15, 0.2) is 0 Å². The topological polar surface area (TPSA) is 35.5 Å². The summed E-state index contributed by atoms with van der Waals surface area (Å²) < 4.78 is 0. The van der Waals surface area contributed by atoms with Crippen molar-refractivity contribution in [1.29, 1.82) is 0 Å². The maximum absolute atomic E-state index is 9.78. The largest absolute Gasteiger partial charge is 0.394 e. The van der Waals surface area contributed by atoms with Crippen molar-refractivity contribution in [2.24, 2.45) is 5.92 Å². The zero-order valence-electron chi connectivity index (χ0n) is 13.9. The highest BCUT2D eigenvalue weighted by atomic mass is 16.3. The first-order chi connectivity index (χ1) is 9.45. The lowest BCUT2D eigenvalue weighted by atomic mass is 9.84. The molecule has 2 rings (SSSR count). The Hall–Kier alpha value is -0.120. The number of fused-ring (bicyclic) bond motifs is 1. The molecular weight excluding hydrogens is 248 g/mol. The molecular formula is C17H34N2O. The van der Waals surface area contributed by atoms with E-state index in [1.54, 1.807) is 0 Å². The average molecular weight is 282 g/mol. The first-order valence-electron chi connectivity index (χ1n) is 8.59. The molecule has 1 aliphatic carbocycles. The fraction of sp³-hybridized carbons (Fsp3) is 1.00. The molecule has 2 N–H and O–H groups in total. The maximum atomic E-state index is 9.78. The molecule has 0 amide bonds. The summed E-state index contributed by atoms with van der Waals surface area (Å²) in [4.78, 5) is 2.74. The van der Waals surface area contributed by atoms with Crippen molar-refractivity contribution < 1.29 is 5.11 Å². The van der Waals surface area contributed by atoms with Crippen LogP contribution in [0.2, 0.25) is 0 Å². The molecule has 0 spiro atoms. The Morgan fingerprint density at radius 2 is 1.90 bits per heavy atom. The smallest absolute Gasteiger partial charge is 0.0611 e. The molecule has 0 aromatic carbocycles. The summed E-state index contributed by atoms with van der Waals surface area (Å²) in [5.41, 5.74) is -0.152. The molecule has 0 aromatic rings. The van der Waals surface area contributed by atoms with Crippen LogP contribution in [0.1, 0.15) is 66.2 Å². The van der Waals surface area contributed by atoms with Crippen molar-refractivity contribution in [2.45, 2.75) is 89.9 Å². The summed E-state index contributed by atoms with van der Waals surface area (Å²) in [5, 5.41) is 13.3. The zero-order valence-corrected chi connectivity index (χ0v) is 13.9. The van der Waals surface area contributed by atoms with E-state index in [4.69, 9.17) is 0 Å². The summed E-state index contributed by atoms with van der Waals surface area (Å²) in [6.45, 7) is 10.3. The summed E-state index contributed by atoms with van der Waals surface area (Å²) in [7, 11) is 0. The summed E-state index contributed by atoms with van der Waals surface area (Å²) in [6.07, 6.45) is 8.10. The molecule has 20 heavy (non-hydrogen) atoms. The number of aliphatic hydroxyl groups excluding tert-OH is 1. The second kappa shape index (κ2) is 6.76. The van der Waals surface area contributed by atoms with Gasteiger partial charge in [-0.25, -0.2) is 0 Å². The fourth-order valence-electron chi connectivity index (χ4n) is 4.62. The monoisotopic (exact) mass is 282 g/mol. The Bertz CT molecular complexity index is 307. The van der Waals surface area contributed by atoms with E-state index in [1.165, 1.54) is 38.6 Å². The molecule has 1 saturated carbocycles. The van der Waals surface area contributed by atoms with Gasteiger partial charge in [0.2, 0.25) is 0 Å². The number of aliphatic hydroxyl groups is 1. The lowest BCUT2D eigenvalue weighted by molar-refractivity contribution is 0.0863. The molecule has 0 bridgehead atoms. The Kier molecular flexibility index (Phi) is 5.49. The minimum absolute atomic E-state index is 0.152. The number of likely N-dealkylation sites (tertiary alicyclic amines) is 1. The van der Waals surface area contributed by atoms with Gasteiger partial charge in [-0.15, -0.1) is 0 Å². The Morgan fingerprint density at radius 1 is 1.20 bits per heavy atom. The van der Waals surface area contributed by atoms with Gasteiger partial charge in [0, 0.05) is 23.7 Å². The van der Waals surface area contributed by atoms with Crippen LogP contribution in [0.5, 0.6) is 0 Å². The van der Waals surface area contributed by atoms with E-state index in [1.807, 2.05) is 0 Å². The highest BCUT2D eigenvalue weighted by Gasteiger charge is 2.39. The number of nitrogens with zero attached hydrogens (tertiary/aromatic N) is 1. The number of rotatable bonds is 6. The van der Waals surface area contributed by atoms with Gasteiger partial charge in [-0.3, -0.25) is 4.90 Å². The SMILES string of the molecule is CC(C)NC(C)(CO)CC(C)N1CCC2CCCCC21. The summed E-state index contributed by atoms with van der Waals surface area (Å²) in [6, 6.07) is 1.80. The summed E-state index contributed by atoms with van der Waals surface area (Å²) in [5.74, 6) is 0.949. The highest BCUT2D eigenvalue weighted by molar-refractivity contribution is 4.95. The molecule has 3 heteroatoms. The van der Waals surface area contributed by atoms with Crippen LogP contribution in [0.3, 0.4) is 0 Å². The first-order valence-corrected chi connectivity index (χ1v) is 8.59. The second-order valence-electron chi connectivity index (χ2n) is 7.71. The van der Waals surface area contributed by atoms with Gasteiger partial charge in [-0.05, 0) is 52.0 Å². The third kappa shape index (κ3) is 3.75. The predicted molar refractivity (Wildman–Crippen MR) is 84.9 cm³/mol. The fourth-order valence-corrected chi connectivity index (χ4v) is 4.62. The second-order valence-corrected chi connectivity index (χ2v) is 7.71. The zero-order chi connectivity index (χ0) is 14.8. The van der Waals surface area contributed by atoms with Crippen molar-refractivity contribution in [3.8, 4) is 0 Å². The van der Waals surface area contributed by atoms with E-state index < -0.39 is 0 Å². The lowest BCUT2D eigenvalue weighted by Gasteiger charge is -2.40. The van der Waals surface area contributed by atoms with Crippen LogP contribution >= 0.6 is 0 Å². The van der Waals surface area contributed by atoms with Crippen LogP contribution in [-0.4, -0.2) is 46.8 Å². The van der Waals surface area contributed by atoms with Crippen LogP contribution < -0.4 is 5.32 Å². The van der Waals surface area contributed by atoms with Gasteiger partial charge in [-0.1, -0.05) is 26.7 Å². The number of nitrogens with one attached hydrogen (secondary N) is 1. The van der Waals surface area contributed by atoms with Crippen molar-refractivity contribution in [1.82, 2.24) is 10.2 Å². The maximum Gasteiger partial charge on any atom is 0.0611 e. The van der Waals surface area contributed by atoms with Crippen LogP contribution in [-0.2, 0) is 0 Å². The predicted octanol–water partition coefficient (Wildman–Crippen LogP) is 2.78. The number of hydrogen-bond donors (Lipinski definition) is 2. The van der Waals surface area contributed by atoms with Crippen LogP contribution in [0.15, 0.2) is 0 Å². The molecule has 2 aliphatic rings. The third-order valence-corrected chi connectivity index (χ3v) is 5.35. The van der Waals surface area contributed by atoms with Crippen molar-refractivity contribution in [3.05, 3.63) is 0 Å². The summed E-state index contributed by atoms with van der Waals surface area (Å²) >= 11 is 0. The third-order valence-electron chi connectivity index (χ3n) is 5.35. The van der Waals surface area contributed by atoms with E-state index in [2.05, 4.69) is 37.9 Å². The van der Waals surface area contributed by atoms with Crippen molar-refractivity contribution in [2.75, 3.05) is 13.2 Å². The average Bonchev–Trinajstić information content (AvgIpc) is 2.81. The van der Waals surface area contributed by atoms with Gasteiger partial charge >= 0.3 is 0 Å². The Labute approximate surface area is 125 Å². The molecule has 4 unspecified atom stereocenters. The van der Waals surface area contributed by atoms with E-state index >= 15 is 0 Å². The molecule has 2 fully saturated rings. The van der Waals surface area contributed by atoms with E-state index in [0.29, 0.717) is 12.1 Å². The minimum atomic E-state index is -0.152. The standard InChI is InChI=1S/C17H34N2O/c1-13(2)18-17(4,12-20)11-14(3)19-10-9-15-7-5-6-8-16(15)19/h13-16,18,20H,5-12H2,1-4H3. The number of hydrogen-bond acceptors (Lipinski definition) is 3. The van der Waals surface area contributed by atoms with Gasteiger partial charge in [-0.2, -0.15) is 0 Å². The van der Waals surface area contributed by atoms with Gasteiger partial charge in [0.1, 0.15) is 0 Å². The lowest BCUT2D eigenvalue weighted by Crippen LogP contribution is -2.53. The molecule has 118 valence electrons. The van der Waals surface area contributed by atoms with E-state index in [9.17, 15) is 5.11 Å². The normalized spacial score (nSPS) is 32.1. The molecule has 1 saturated heterocycles. The van der Waals surface area contributed by atoms with Gasteiger partial charge in [0.25, 0.3) is 0 Å². The van der Waals surface area contributed by atoms with Gasteiger partial charge < -0.3 is 10.4 Å². The highest BCUT2D eigenvalue weighted by Crippen LogP contribution is 2.38. The molecule has 4 atom stereocenters. The first kappa shape index (κ1) is 16.3. The molecule has 0 aromatic heterocycles. The van der Waals surface area contributed by atoms with E-state index in [-0.39, 0.29) is 12.1 Å². The minimum Gasteiger partial charge on any atom is -0.394 e.